The van der Waals surface area contributed by atoms with E-state index >= 15 is 0 Å². The highest BCUT2D eigenvalue weighted by molar-refractivity contribution is 6.01. The summed E-state index contributed by atoms with van der Waals surface area (Å²) in [5.74, 6) is -2.01. The highest BCUT2D eigenvalue weighted by Crippen LogP contribution is 2.19. The van der Waals surface area contributed by atoms with Gasteiger partial charge in [-0.3, -0.25) is 24.6 Å². The average molecular weight is 242 g/mol. The Kier molecular flexibility index (Phi) is 4.22. The van der Waals surface area contributed by atoms with Crippen molar-refractivity contribution in [2.24, 2.45) is 5.92 Å². The van der Waals surface area contributed by atoms with Crippen LogP contribution >= 0.6 is 0 Å². The first-order chi connectivity index (χ1) is 7.88. The molecule has 1 aliphatic heterocycles. The van der Waals surface area contributed by atoms with Crippen molar-refractivity contribution in [2.45, 2.75) is 39.3 Å². The van der Waals surface area contributed by atoms with Gasteiger partial charge in [-0.1, -0.05) is 20.8 Å². The summed E-state index contributed by atoms with van der Waals surface area (Å²) in [5, 5.41) is 11.4. The summed E-state index contributed by atoms with van der Waals surface area (Å²) in [4.78, 5) is 35.7. The minimum atomic E-state index is -0.999. The molecule has 2 unspecified atom stereocenters. The minimum absolute atomic E-state index is 0.0423. The SMILES string of the molecule is CCC1C(=O)NC(=O)CN1C(C(=O)O)C(C)C. The van der Waals surface area contributed by atoms with Gasteiger partial charge in [-0.2, -0.15) is 0 Å². The summed E-state index contributed by atoms with van der Waals surface area (Å²) < 4.78 is 0. The van der Waals surface area contributed by atoms with Crippen LogP contribution in [0, 0.1) is 5.92 Å². The number of nitrogens with one attached hydrogen (secondary N) is 1. The Morgan fingerprint density at radius 1 is 1.53 bits per heavy atom. The van der Waals surface area contributed by atoms with Gasteiger partial charge >= 0.3 is 5.97 Å². The van der Waals surface area contributed by atoms with Gasteiger partial charge in [-0.25, -0.2) is 0 Å². The second-order valence-electron chi connectivity index (χ2n) is 4.54. The van der Waals surface area contributed by atoms with Crippen molar-refractivity contribution in [3.63, 3.8) is 0 Å². The van der Waals surface area contributed by atoms with Gasteiger partial charge in [0.05, 0.1) is 12.6 Å². The van der Waals surface area contributed by atoms with Crippen LogP contribution in [-0.4, -0.2) is 46.4 Å². The lowest BCUT2D eigenvalue weighted by Crippen LogP contribution is -2.63. The number of imide groups is 1. The first-order valence-corrected chi connectivity index (χ1v) is 5.70. The highest BCUT2D eigenvalue weighted by atomic mass is 16.4. The standard InChI is InChI=1S/C11H18N2O4/c1-4-7-10(15)12-8(14)5-13(7)9(6(2)3)11(16)17/h6-7,9H,4-5H2,1-3H3,(H,16,17)(H,12,14,15). The maximum absolute atomic E-state index is 11.6. The summed E-state index contributed by atoms with van der Waals surface area (Å²) in [6.45, 7) is 5.29. The second-order valence-corrected chi connectivity index (χ2v) is 4.54. The predicted molar refractivity (Wildman–Crippen MR) is 60.2 cm³/mol. The van der Waals surface area contributed by atoms with Crippen LogP contribution in [0.15, 0.2) is 0 Å². The molecule has 1 heterocycles. The van der Waals surface area contributed by atoms with E-state index < -0.39 is 29.9 Å². The third-order valence-corrected chi connectivity index (χ3v) is 2.92. The van der Waals surface area contributed by atoms with Crippen LogP contribution in [0.25, 0.3) is 0 Å². The molecule has 0 bridgehead atoms. The molecule has 96 valence electrons. The number of rotatable bonds is 4. The van der Waals surface area contributed by atoms with E-state index in [2.05, 4.69) is 5.32 Å². The van der Waals surface area contributed by atoms with Crippen molar-refractivity contribution in [3.8, 4) is 0 Å². The van der Waals surface area contributed by atoms with E-state index in [-0.39, 0.29) is 12.5 Å². The Labute approximate surface area is 100.0 Å². The lowest BCUT2D eigenvalue weighted by Gasteiger charge is -2.38. The summed E-state index contributed by atoms with van der Waals surface area (Å²) in [5.41, 5.74) is 0. The number of carboxylic acids is 1. The number of amides is 2. The number of carboxylic acid groups (broad SMARTS) is 1. The molecule has 1 aliphatic rings. The fourth-order valence-corrected chi connectivity index (χ4v) is 2.21. The number of carbonyl (C=O) groups excluding carboxylic acids is 2. The van der Waals surface area contributed by atoms with Crippen molar-refractivity contribution >= 4 is 17.8 Å². The number of hydrogen-bond acceptors (Lipinski definition) is 4. The van der Waals surface area contributed by atoms with E-state index in [0.29, 0.717) is 6.42 Å². The summed E-state index contributed by atoms with van der Waals surface area (Å²) in [7, 11) is 0. The van der Waals surface area contributed by atoms with E-state index in [1.165, 1.54) is 4.90 Å². The van der Waals surface area contributed by atoms with Crippen LogP contribution in [-0.2, 0) is 14.4 Å². The van der Waals surface area contributed by atoms with E-state index in [1.54, 1.807) is 20.8 Å². The van der Waals surface area contributed by atoms with Crippen LogP contribution in [0.4, 0.5) is 0 Å². The van der Waals surface area contributed by atoms with Crippen LogP contribution < -0.4 is 5.32 Å². The molecule has 2 N–H and O–H groups in total. The summed E-state index contributed by atoms with van der Waals surface area (Å²) in [6, 6.07) is -1.36. The van der Waals surface area contributed by atoms with Gasteiger partial charge in [0.15, 0.2) is 0 Å². The molecule has 17 heavy (non-hydrogen) atoms. The quantitative estimate of drug-likeness (QED) is 0.668. The molecule has 0 aromatic heterocycles. The molecule has 1 fully saturated rings. The zero-order valence-corrected chi connectivity index (χ0v) is 10.3. The molecule has 6 nitrogen and oxygen atoms in total. The molecule has 0 saturated carbocycles. The molecule has 0 aromatic rings. The molecule has 0 spiro atoms. The Morgan fingerprint density at radius 2 is 2.12 bits per heavy atom. The topological polar surface area (TPSA) is 86.7 Å². The number of hydrogen-bond donors (Lipinski definition) is 2. The van der Waals surface area contributed by atoms with E-state index in [4.69, 9.17) is 0 Å². The number of nitrogens with zero attached hydrogens (tertiary/aromatic N) is 1. The Balaban J connectivity index is 3.01. The molecular formula is C11H18N2O4. The van der Waals surface area contributed by atoms with Gasteiger partial charge in [0, 0.05) is 0 Å². The van der Waals surface area contributed by atoms with Crippen LogP contribution in [0.1, 0.15) is 27.2 Å². The Morgan fingerprint density at radius 3 is 2.53 bits per heavy atom. The molecule has 0 radical (unpaired) electrons. The number of carbonyl (C=O) groups is 3. The van der Waals surface area contributed by atoms with E-state index in [1.807, 2.05) is 0 Å². The lowest BCUT2D eigenvalue weighted by atomic mass is 9.98. The Bertz CT molecular complexity index is 340. The van der Waals surface area contributed by atoms with E-state index in [9.17, 15) is 19.5 Å². The average Bonchev–Trinajstić information content (AvgIpc) is 2.15. The van der Waals surface area contributed by atoms with Gasteiger partial charge in [0.1, 0.15) is 6.04 Å². The van der Waals surface area contributed by atoms with Gasteiger partial charge in [0.25, 0.3) is 0 Å². The smallest absolute Gasteiger partial charge is 0.321 e. The van der Waals surface area contributed by atoms with Crippen molar-refractivity contribution in [1.82, 2.24) is 10.2 Å². The monoisotopic (exact) mass is 242 g/mol. The molecule has 2 atom stereocenters. The van der Waals surface area contributed by atoms with Gasteiger partial charge in [0.2, 0.25) is 11.8 Å². The maximum Gasteiger partial charge on any atom is 0.321 e. The van der Waals surface area contributed by atoms with Crippen molar-refractivity contribution in [1.29, 1.82) is 0 Å². The third-order valence-electron chi connectivity index (χ3n) is 2.92. The molecule has 6 heteroatoms. The van der Waals surface area contributed by atoms with Crippen LogP contribution in [0.3, 0.4) is 0 Å². The largest absolute Gasteiger partial charge is 0.480 e. The summed E-state index contributed by atoms with van der Waals surface area (Å²) in [6.07, 6.45) is 0.482. The molecular weight excluding hydrogens is 224 g/mol. The summed E-state index contributed by atoms with van der Waals surface area (Å²) >= 11 is 0. The van der Waals surface area contributed by atoms with Crippen molar-refractivity contribution < 1.29 is 19.5 Å². The molecule has 1 saturated heterocycles. The fourth-order valence-electron chi connectivity index (χ4n) is 2.21. The van der Waals surface area contributed by atoms with Crippen LogP contribution in [0.2, 0.25) is 0 Å². The molecule has 0 aromatic carbocycles. The second kappa shape index (κ2) is 5.27. The zero-order valence-electron chi connectivity index (χ0n) is 10.3. The number of aliphatic carboxylic acids is 1. The maximum atomic E-state index is 11.6. The predicted octanol–water partition coefficient (Wildman–Crippen LogP) is -0.167. The van der Waals surface area contributed by atoms with Crippen molar-refractivity contribution in [2.75, 3.05) is 6.54 Å². The van der Waals surface area contributed by atoms with Gasteiger partial charge in [-0.15, -0.1) is 0 Å². The molecule has 0 aliphatic carbocycles. The first kappa shape index (κ1) is 13.6. The third kappa shape index (κ3) is 2.82. The van der Waals surface area contributed by atoms with E-state index in [0.717, 1.165) is 0 Å². The zero-order chi connectivity index (χ0) is 13.2. The highest BCUT2D eigenvalue weighted by Gasteiger charge is 2.40. The lowest BCUT2D eigenvalue weighted by molar-refractivity contribution is -0.152. The van der Waals surface area contributed by atoms with Gasteiger partial charge < -0.3 is 5.11 Å². The van der Waals surface area contributed by atoms with Crippen LogP contribution in [0.5, 0.6) is 0 Å². The first-order valence-electron chi connectivity index (χ1n) is 5.70. The fraction of sp³-hybridized carbons (Fsp3) is 0.727. The minimum Gasteiger partial charge on any atom is -0.480 e. The Hall–Kier alpha value is -1.43. The molecule has 2 amide bonds. The molecule has 1 rings (SSSR count). The van der Waals surface area contributed by atoms with Gasteiger partial charge in [-0.05, 0) is 12.3 Å². The van der Waals surface area contributed by atoms with Crippen molar-refractivity contribution in [3.05, 3.63) is 0 Å². The number of piperazine rings is 1. The normalized spacial score (nSPS) is 23.6.